The van der Waals surface area contributed by atoms with Gasteiger partial charge in [-0.3, -0.25) is 0 Å². The maximum absolute atomic E-state index is 8.89. The van der Waals surface area contributed by atoms with Gasteiger partial charge in [0.2, 0.25) is 16.6 Å². The molecule has 5 nitrogen and oxygen atoms in total. The molecule has 368 valence electrons. The zero-order chi connectivity index (χ0) is 50.0. The highest BCUT2D eigenvalue weighted by molar-refractivity contribution is 8.02. The lowest BCUT2D eigenvalue weighted by Gasteiger charge is -2.53. The summed E-state index contributed by atoms with van der Waals surface area (Å²) in [6.45, 7) is 49.4. The number of benzene rings is 4. The van der Waals surface area contributed by atoms with Crippen LogP contribution in [0.5, 0.6) is 11.5 Å². The molecule has 3 aliphatic heterocycles. The van der Waals surface area contributed by atoms with E-state index in [2.05, 4.69) is 187 Å². The van der Waals surface area contributed by atoms with Crippen LogP contribution in [0, 0.1) is 0 Å². The van der Waals surface area contributed by atoms with Crippen molar-refractivity contribution in [1.29, 1.82) is 0 Å². The first-order valence-electron chi connectivity index (χ1n) is 24.7. The van der Waals surface area contributed by atoms with Crippen molar-refractivity contribution in [3.05, 3.63) is 70.8 Å². The number of ether oxygens (including phenoxy) is 2. The van der Waals surface area contributed by atoms with Gasteiger partial charge in [-0.15, -0.1) is 0 Å². The molecule has 3 heterocycles. The molecule has 0 aliphatic carbocycles. The van der Waals surface area contributed by atoms with Gasteiger partial charge in [0.05, 0.1) is 19.6 Å². The third-order valence-electron chi connectivity index (χ3n) is 13.8. The number of hydrogen-bond donors (Lipinski definition) is 2. The number of rotatable bonds is 10. The molecule has 0 amide bonds. The maximum Gasteiger partial charge on any atom is 0.219 e. The van der Waals surface area contributed by atoms with E-state index in [1.54, 1.807) is 11.8 Å². The lowest BCUT2D eigenvalue weighted by atomic mass is 9.87. The minimum absolute atomic E-state index is 0.110. The molecule has 7 rings (SSSR count). The molecule has 0 atom stereocenters. The van der Waals surface area contributed by atoms with E-state index in [1.165, 1.54) is 52.2 Å². The Morgan fingerprint density at radius 3 is 0.821 bits per heavy atom. The summed E-state index contributed by atoms with van der Waals surface area (Å²) in [6.07, 6.45) is 0. The number of fused-ring (bicyclic) bond motifs is 2. The van der Waals surface area contributed by atoms with Gasteiger partial charge < -0.3 is 25.1 Å². The molecular formula is C56H84N2O3S4Si2. The largest absolute Gasteiger partial charge is 0.490 e. The van der Waals surface area contributed by atoms with E-state index in [9.17, 15) is 0 Å². The van der Waals surface area contributed by atoms with Crippen LogP contribution in [-0.4, -0.2) is 42.9 Å². The van der Waals surface area contributed by atoms with Gasteiger partial charge in [-0.05, 0) is 125 Å². The fourth-order valence-electron chi connectivity index (χ4n) is 9.88. The summed E-state index contributed by atoms with van der Waals surface area (Å²) < 4.78 is 22.8. The van der Waals surface area contributed by atoms with Crippen LogP contribution in [0.4, 0.5) is 0 Å². The minimum atomic E-state index is -2.97. The quantitative estimate of drug-likeness (QED) is 0.133. The van der Waals surface area contributed by atoms with Crippen LogP contribution in [-0.2, 0) is 25.8 Å². The van der Waals surface area contributed by atoms with E-state index >= 15 is 0 Å². The second-order valence-electron chi connectivity index (χ2n) is 24.3. The predicted molar refractivity (Wildman–Crippen MR) is 298 cm³/mol. The summed E-state index contributed by atoms with van der Waals surface area (Å²) in [6, 6.07) is 19.7. The lowest BCUT2D eigenvalue weighted by Crippen LogP contribution is -2.70. The van der Waals surface area contributed by atoms with Crippen molar-refractivity contribution < 1.29 is 13.6 Å². The van der Waals surface area contributed by atoms with Crippen LogP contribution < -0.4 is 31.3 Å². The summed E-state index contributed by atoms with van der Waals surface area (Å²) in [7, 11) is -5.93. The van der Waals surface area contributed by atoms with Gasteiger partial charge in [0.25, 0.3) is 0 Å². The van der Waals surface area contributed by atoms with E-state index in [-0.39, 0.29) is 43.8 Å². The molecule has 4 aromatic rings. The summed E-state index contributed by atoms with van der Waals surface area (Å²) in [4.78, 5) is 9.58. The van der Waals surface area contributed by atoms with Crippen molar-refractivity contribution in [3.8, 4) is 11.5 Å². The van der Waals surface area contributed by atoms with Gasteiger partial charge in [0.1, 0.15) is 24.7 Å². The standard InChI is InChI=1S/C56H84N2O3S4Si2/c1-33(2)66(34(3)4)51-45-29-39(55(15,16)17)31-47(51)65-48-32-40(56(18,19)20)30-46(52(48)67(61-66,35(5)6)36(7)8)64-44-28-38(54(12,13)14)26-42(50(44)60-24-22-58)62-41-25-37(53(9,10)11)27-43(63-45)49(41)59-23-21-57/h25-36H,21-24,57-58H2,1-20H3. The number of nitrogens with two attached hydrogens (primary N) is 2. The average Bonchev–Trinajstić information content (AvgIpc) is 3.18. The molecule has 3 aliphatic rings. The van der Waals surface area contributed by atoms with Crippen molar-refractivity contribution in [2.45, 2.75) is 221 Å². The Labute approximate surface area is 426 Å². The Morgan fingerprint density at radius 1 is 0.403 bits per heavy atom. The minimum Gasteiger partial charge on any atom is -0.490 e. The van der Waals surface area contributed by atoms with Gasteiger partial charge in [0, 0.05) is 32.7 Å². The monoisotopic (exact) mass is 1020 g/mol. The molecule has 0 spiro atoms. The topological polar surface area (TPSA) is 79.7 Å². The smallest absolute Gasteiger partial charge is 0.219 e. The van der Waals surface area contributed by atoms with Gasteiger partial charge in [-0.1, -0.05) is 186 Å². The van der Waals surface area contributed by atoms with E-state index in [1.807, 2.05) is 35.3 Å². The van der Waals surface area contributed by atoms with Crippen molar-refractivity contribution in [1.82, 2.24) is 0 Å². The molecule has 10 bridgehead atoms. The Hall–Kier alpha value is -1.81. The second kappa shape index (κ2) is 20.0. The Kier molecular flexibility index (Phi) is 16.3. The van der Waals surface area contributed by atoms with E-state index in [0.717, 1.165) is 31.1 Å². The predicted octanol–water partition coefficient (Wildman–Crippen LogP) is 15.4. The molecule has 4 N–H and O–H groups in total. The number of hydrogen-bond acceptors (Lipinski definition) is 9. The van der Waals surface area contributed by atoms with Crippen LogP contribution in [0.25, 0.3) is 0 Å². The first kappa shape index (κ1) is 54.5. The van der Waals surface area contributed by atoms with E-state index < -0.39 is 16.6 Å². The zero-order valence-corrected chi connectivity index (χ0v) is 50.0. The summed E-state index contributed by atoms with van der Waals surface area (Å²) in [5, 5.41) is 2.90. The van der Waals surface area contributed by atoms with Crippen LogP contribution in [0.15, 0.2) is 87.7 Å². The average molecular weight is 1020 g/mol. The Morgan fingerprint density at radius 2 is 0.612 bits per heavy atom. The van der Waals surface area contributed by atoms with Gasteiger partial charge in [0.15, 0.2) is 0 Å². The van der Waals surface area contributed by atoms with Gasteiger partial charge in [-0.25, -0.2) is 0 Å². The first-order valence-corrected chi connectivity index (χ1v) is 32.1. The summed E-state index contributed by atoms with van der Waals surface area (Å²) >= 11 is 7.57. The highest BCUT2D eigenvalue weighted by atomic mass is 32.2. The molecular weight excluding hydrogens is 933 g/mol. The first-order chi connectivity index (χ1) is 30.9. The molecule has 0 aromatic heterocycles. The Balaban J connectivity index is 1.99. The third kappa shape index (κ3) is 10.7. The zero-order valence-electron chi connectivity index (χ0n) is 44.8. The van der Waals surface area contributed by atoms with Crippen LogP contribution in [0.1, 0.15) is 161 Å². The normalized spacial score (nSPS) is 16.3. The molecule has 11 heteroatoms. The van der Waals surface area contributed by atoms with Crippen molar-refractivity contribution >= 4 is 74.1 Å². The molecule has 0 radical (unpaired) electrons. The van der Waals surface area contributed by atoms with Crippen LogP contribution in [0.2, 0.25) is 22.2 Å². The molecule has 67 heavy (non-hydrogen) atoms. The van der Waals surface area contributed by atoms with Crippen LogP contribution in [0.3, 0.4) is 0 Å². The SMILES string of the molecule is CC(C)[Si]1(C(C)C)O[Si](C(C)C)(C(C)C)c2c3cc(C(C)(C)C)cc2Sc2cc(C(C)(C)C)cc(c21)Sc1cc(C(C)(C)C)cc(c1OCCN)Sc1cc(C(C)(C)C)cc(c1OCCN)S3. The van der Waals surface area contributed by atoms with Crippen LogP contribution >= 0.6 is 47.0 Å². The summed E-state index contributed by atoms with van der Waals surface area (Å²) in [5.74, 6) is 1.73. The van der Waals surface area contributed by atoms with Crippen molar-refractivity contribution in [2.75, 3.05) is 26.3 Å². The summed E-state index contributed by atoms with van der Waals surface area (Å²) in [5.41, 5.74) is 18.4. The highest BCUT2D eigenvalue weighted by Gasteiger charge is 2.58. The van der Waals surface area contributed by atoms with Gasteiger partial charge in [-0.2, -0.15) is 0 Å². The van der Waals surface area contributed by atoms with E-state index in [4.69, 9.17) is 25.1 Å². The van der Waals surface area contributed by atoms with Crippen molar-refractivity contribution in [2.24, 2.45) is 11.5 Å². The van der Waals surface area contributed by atoms with Crippen molar-refractivity contribution in [3.63, 3.8) is 0 Å². The fourth-order valence-corrected chi connectivity index (χ4v) is 30.6. The molecule has 0 saturated carbocycles. The lowest BCUT2D eigenvalue weighted by molar-refractivity contribution is 0.310. The van der Waals surface area contributed by atoms with Gasteiger partial charge >= 0.3 is 0 Å². The second-order valence-corrected chi connectivity index (χ2v) is 38.2. The Bertz CT molecular complexity index is 2270. The molecule has 0 fully saturated rings. The van der Waals surface area contributed by atoms with E-state index in [0.29, 0.717) is 26.3 Å². The molecule has 0 unspecified atom stereocenters. The maximum atomic E-state index is 8.89. The highest BCUT2D eigenvalue weighted by Crippen LogP contribution is 2.56. The third-order valence-corrected chi connectivity index (χ3v) is 31.0. The fraction of sp³-hybridized carbons (Fsp3) is 0.571. The molecule has 0 saturated heterocycles. The molecule has 4 aromatic carbocycles.